The first-order valence-electron chi connectivity index (χ1n) is 8.19. The highest BCUT2D eigenvalue weighted by atomic mass is 35.5. The molecule has 0 spiro atoms. The van der Waals surface area contributed by atoms with Crippen molar-refractivity contribution in [1.29, 1.82) is 0 Å². The molecule has 0 bridgehead atoms. The van der Waals surface area contributed by atoms with E-state index in [0.29, 0.717) is 35.3 Å². The van der Waals surface area contributed by atoms with Crippen molar-refractivity contribution in [1.82, 2.24) is 34.8 Å². The number of nitrogens with zero attached hydrogens (tertiary/aromatic N) is 7. The van der Waals surface area contributed by atoms with Crippen molar-refractivity contribution in [2.75, 3.05) is 0 Å². The predicted octanol–water partition coefficient (Wildman–Crippen LogP) is 2.00. The highest BCUT2D eigenvalue weighted by Crippen LogP contribution is 2.25. The van der Waals surface area contributed by atoms with Gasteiger partial charge >= 0.3 is 0 Å². The average molecular weight is 370 g/mol. The van der Waals surface area contributed by atoms with Crippen LogP contribution in [0.25, 0.3) is 5.95 Å². The Morgan fingerprint density at radius 2 is 2.04 bits per heavy atom. The van der Waals surface area contributed by atoms with Gasteiger partial charge in [-0.25, -0.2) is 15.0 Å². The number of fused-ring (bicyclic) bond motifs is 1. The molecule has 1 aliphatic heterocycles. The molecule has 0 unspecified atom stereocenters. The Morgan fingerprint density at radius 1 is 1.27 bits per heavy atom. The summed E-state index contributed by atoms with van der Waals surface area (Å²) < 4.78 is 1.64. The lowest BCUT2D eigenvalue weighted by Crippen LogP contribution is -2.43. The molecule has 3 aromatic heterocycles. The van der Waals surface area contributed by atoms with Crippen molar-refractivity contribution in [3.8, 4) is 5.95 Å². The molecule has 8 nitrogen and oxygen atoms in total. The van der Waals surface area contributed by atoms with E-state index in [1.54, 1.807) is 40.2 Å². The van der Waals surface area contributed by atoms with E-state index in [-0.39, 0.29) is 11.9 Å². The standard InChI is InChI=1S/C17H16ClN7O/c1-10-6-12(8-15(18)21-10)16(26)24-9-13-14(7-11(24)2)25(23-22-13)17-19-4-3-5-20-17/h3-6,8,11H,7,9H2,1-2H3/t11-/m0/s1. The van der Waals surface area contributed by atoms with E-state index >= 15 is 0 Å². The van der Waals surface area contributed by atoms with Gasteiger partial charge in [0.15, 0.2) is 0 Å². The average Bonchev–Trinajstić information content (AvgIpc) is 3.03. The molecule has 9 heteroatoms. The van der Waals surface area contributed by atoms with Gasteiger partial charge in [-0.15, -0.1) is 5.10 Å². The van der Waals surface area contributed by atoms with Crippen molar-refractivity contribution in [3.63, 3.8) is 0 Å². The lowest BCUT2D eigenvalue weighted by molar-refractivity contribution is 0.0653. The van der Waals surface area contributed by atoms with Crippen LogP contribution in [0.2, 0.25) is 5.15 Å². The van der Waals surface area contributed by atoms with Crippen LogP contribution in [0.4, 0.5) is 0 Å². The monoisotopic (exact) mass is 369 g/mol. The lowest BCUT2D eigenvalue weighted by atomic mass is 10.0. The Kier molecular flexibility index (Phi) is 4.12. The van der Waals surface area contributed by atoms with E-state index in [1.165, 1.54) is 0 Å². The number of hydrogen-bond acceptors (Lipinski definition) is 6. The Hall–Kier alpha value is -2.87. The van der Waals surface area contributed by atoms with Gasteiger partial charge in [-0.1, -0.05) is 16.8 Å². The molecule has 1 aliphatic rings. The van der Waals surface area contributed by atoms with E-state index in [1.807, 2.05) is 13.8 Å². The third kappa shape index (κ3) is 2.92. The first kappa shape index (κ1) is 16.6. The molecule has 0 saturated heterocycles. The van der Waals surface area contributed by atoms with Crippen molar-refractivity contribution in [2.24, 2.45) is 0 Å². The van der Waals surface area contributed by atoms with Crippen molar-refractivity contribution in [3.05, 3.63) is 58.4 Å². The molecule has 26 heavy (non-hydrogen) atoms. The molecule has 0 radical (unpaired) electrons. The number of aromatic nitrogens is 6. The molecule has 0 aliphatic carbocycles. The highest BCUT2D eigenvalue weighted by molar-refractivity contribution is 6.29. The predicted molar refractivity (Wildman–Crippen MR) is 94.0 cm³/mol. The summed E-state index contributed by atoms with van der Waals surface area (Å²) in [6.07, 6.45) is 3.94. The molecular weight excluding hydrogens is 354 g/mol. The third-order valence-electron chi connectivity index (χ3n) is 4.36. The Morgan fingerprint density at radius 3 is 2.77 bits per heavy atom. The van der Waals surface area contributed by atoms with Gasteiger partial charge < -0.3 is 4.90 Å². The van der Waals surface area contributed by atoms with Gasteiger partial charge in [-0.05, 0) is 32.0 Å². The Balaban J connectivity index is 1.65. The minimum atomic E-state index is -0.0962. The molecule has 132 valence electrons. The summed E-state index contributed by atoms with van der Waals surface area (Å²) in [5, 5.41) is 8.71. The summed E-state index contributed by atoms with van der Waals surface area (Å²) in [5.41, 5.74) is 2.91. The van der Waals surface area contributed by atoms with Crippen LogP contribution in [-0.4, -0.2) is 46.8 Å². The molecular formula is C17H16ClN7O. The smallest absolute Gasteiger partial charge is 0.254 e. The van der Waals surface area contributed by atoms with E-state index in [2.05, 4.69) is 25.3 Å². The summed E-state index contributed by atoms with van der Waals surface area (Å²) in [6, 6.07) is 5.06. The minimum absolute atomic E-state index is 0.0248. The zero-order valence-corrected chi connectivity index (χ0v) is 15.1. The molecule has 0 N–H and O–H groups in total. The van der Waals surface area contributed by atoms with E-state index in [4.69, 9.17) is 11.6 Å². The number of hydrogen-bond donors (Lipinski definition) is 0. The maximum Gasteiger partial charge on any atom is 0.254 e. The molecule has 1 atom stereocenters. The van der Waals surface area contributed by atoms with Gasteiger partial charge in [0.25, 0.3) is 11.9 Å². The largest absolute Gasteiger partial charge is 0.329 e. The Bertz CT molecular complexity index is 952. The number of carbonyl (C=O) groups is 1. The van der Waals surface area contributed by atoms with E-state index in [9.17, 15) is 4.79 Å². The zero-order valence-electron chi connectivity index (χ0n) is 14.3. The van der Waals surface area contributed by atoms with Crippen LogP contribution in [0.5, 0.6) is 0 Å². The van der Waals surface area contributed by atoms with Crippen LogP contribution in [-0.2, 0) is 13.0 Å². The second-order valence-electron chi connectivity index (χ2n) is 6.25. The quantitative estimate of drug-likeness (QED) is 0.642. The normalized spacial score (nSPS) is 16.4. The molecule has 1 amide bonds. The maximum absolute atomic E-state index is 13.0. The maximum atomic E-state index is 13.0. The summed E-state index contributed by atoms with van der Waals surface area (Å²) in [7, 11) is 0. The first-order chi connectivity index (χ1) is 12.5. The number of carbonyl (C=O) groups excluding carboxylic acids is 1. The number of aryl methyl sites for hydroxylation is 1. The van der Waals surface area contributed by atoms with E-state index in [0.717, 1.165) is 11.4 Å². The SMILES string of the molecule is Cc1cc(C(=O)N2Cc3nnn(-c4ncccn4)c3C[C@@H]2C)cc(Cl)n1. The number of amides is 1. The van der Waals surface area contributed by atoms with Crippen LogP contribution >= 0.6 is 11.6 Å². The fraction of sp³-hybridized carbons (Fsp3) is 0.294. The fourth-order valence-corrected chi connectivity index (χ4v) is 3.37. The fourth-order valence-electron chi connectivity index (χ4n) is 3.12. The van der Waals surface area contributed by atoms with Crippen molar-refractivity contribution in [2.45, 2.75) is 32.9 Å². The number of rotatable bonds is 2. The molecule has 0 fully saturated rings. The van der Waals surface area contributed by atoms with Crippen LogP contribution < -0.4 is 0 Å². The van der Waals surface area contributed by atoms with Gasteiger partial charge in [0.1, 0.15) is 10.8 Å². The topological polar surface area (TPSA) is 89.7 Å². The van der Waals surface area contributed by atoms with Crippen LogP contribution in [0.1, 0.15) is 34.4 Å². The molecule has 4 rings (SSSR count). The highest BCUT2D eigenvalue weighted by Gasteiger charge is 2.32. The second kappa shape index (κ2) is 6.45. The van der Waals surface area contributed by atoms with Crippen LogP contribution in [0.15, 0.2) is 30.6 Å². The number of pyridine rings is 1. The van der Waals surface area contributed by atoms with Crippen LogP contribution in [0.3, 0.4) is 0 Å². The van der Waals surface area contributed by atoms with E-state index < -0.39 is 0 Å². The van der Waals surface area contributed by atoms with Crippen molar-refractivity contribution < 1.29 is 4.79 Å². The second-order valence-corrected chi connectivity index (χ2v) is 6.64. The van der Waals surface area contributed by atoms with Gasteiger partial charge in [0, 0.05) is 36.1 Å². The number of halogens is 1. The van der Waals surface area contributed by atoms with Gasteiger partial charge in [0.2, 0.25) is 0 Å². The summed E-state index contributed by atoms with van der Waals surface area (Å²) in [6.45, 7) is 4.19. The van der Waals surface area contributed by atoms with Crippen LogP contribution in [0, 0.1) is 6.92 Å². The minimum Gasteiger partial charge on any atom is -0.329 e. The first-order valence-corrected chi connectivity index (χ1v) is 8.56. The Labute approximate surface area is 154 Å². The molecule has 3 aromatic rings. The third-order valence-corrected chi connectivity index (χ3v) is 4.55. The summed E-state index contributed by atoms with van der Waals surface area (Å²) in [5.74, 6) is 0.380. The molecule has 4 heterocycles. The van der Waals surface area contributed by atoms with Gasteiger partial charge in [-0.2, -0.15) is 4.68 Å². The van der Waals surface area contributed by atoms with Crippen molar-refractivity contribution >= 4 is 17.5 Å². The van der Waals surface area contributed by atoms with Gasteiger partial charge in [-0.3, -0.25) is 4.79 Å². The van der Waals surface area contributed by atoms with Gasteiger partial charge in [0.05, 0.1) is 12.2 Å². The summed E-state index contributed by atoms with van der Waals surface area (Å²) in [4.78, 5) is 27.3. The lowest BCUT2D eigenvalue weighted by Gasteiger charge is -2.32. The molecule has 0 aromatic carbocycles. The molecule has 0 saturated carbocycles. The zero-order chi connectivity index (χ0) is 18.3. The summed E-state index contributed by atoms with van der Waals surface area (Å²) >= 11 is 6.00.